The fraction of sp³-hybridized carbons (Fsp3) is 0.250. The molecule has 0 fully saturated rings. The van der Waals surface area contributed by atoms with Gasteiger partial charge in [0.25, 0.3) is 0 Å². The summed E-state index contributed by atoms with van der Waals surface area (Å²) in [5.41, 5.74) is 5.68. The molecule has 0 unspecified atom stereocenters. The number of halogens is 2. The Bertz CT molecular complexity index is 1670. The van der Waals surface area contributed by atoms with E-state index < -0.39 is 30.2 Å². The van der Waals surface area contributed by atoms with E-state index in [0.29, 0.717) is 35.1 Å². The predicted molar refractivity (Wildman–Crippen MR) is 189 cm³/mol. The first kappa shape index (κ1) is 35.7. The van der Waals surface area contributed by atoms with Gasteiger partial charge in [-0.2, -0.15) is 5.10 Å². The van der Waals surface area contributed by atoms with Gasteiger partial charge in [-0.3, -0.25) is 5.43 Å². The van der Waals surface area contributed by atoms with Crippen LogP contribution in [-0.2, 0) is 16.1 Å². The Morgan fingerprint density at radius 3 is 2.38 bits per heavy atom. The molecular weight excluding hydrogens is 838 g/mol. The summed E-state index contributed by atoms with van der Waals surface area (Å²) in [7, 11) is 1.27. The number of hydrogen-bond donors (Lipinski definition) is 5. The number of esters is 1. The van der Waals surface area contributed by atoms with Gasteiger partial charge in [0.2, 0.25) is 0 Å². The van der Waals surface area contributed by atoms with Crippen molar-refractivity contribution in [3.8, 4) is 17.2 Å². The van der Waals surface area contributed by atoms with Crippen LogP contribution in [0.15, 0.2) is 71.0 Å². The second-order valence-corrected chi connectivity index (χ2v) is 12.3. The van der Waals surface area contributed by atoms with Crippen molar-refractivity contribution in [2.24, 2.45) is 5.10 Å². The quantitative estimate of drug-likeness (QED) is 0.0503. The summed E-state index contributed by atoms with van der Waals surface area (Å²) in [5, 5.41) is 29.0. The number of carboxylic acids is 1. The number of rotatable bonds is 14. The zero-order valence-corrected chi connectivity index (χ0v) is 29.8. The summed E-state index contributed by atoms with van der Waals surface area (Å²) in [6.07, 6.45) is 0.401. The van der Waals surface area contributed by atoms with E-state index in [9.17, 15) is 19.5 Å². The first-order chi connectivity index (χ1) is 22.5. The number of hydrogen-bond acceptors (Lipinski definition) is 10. The molecule has 0 saturated heterocycles. The van der Waals surface area contributed by atoms with Gasteiger partial charge < -0.3 is 39.8 Å². The molecule has 1 heterocycles. The fourth-order valence-corrected chi connectivity index (χ4v) is 6.64. The monoisotopic (exact) mass is 870 g/mol. The lowest BCUT2D eigenvalue weighted by atomic mass is 9.95. The third-order valence-electron chi connectivity index (χ3n) is 6.71. The van der Waals surface area contributed by atoms with Crippen molar-refractivity contribution >= 4 is 69.4 Å². The number of methoxy groups -OCH3 is 1. The number of amides is 2. The van der Waals surface area contributed by atoms with E-state index in [0.717, 1.165) is 18.3 Å². The van der Waals surface area contributed by atoms with Crippen LogP contribution in [0.3, 0.4) is 0 Å². The van der Waals surface area contributed by atoms with Crippen LogP contribution in [-0.4, -0.2) is 60.9 Å². The minimum Gasteiger partial charge on any atom is -0.490 e. The SMILES string of the molecule is CCOc1cc([C@H]2NC(=O)NC(C)=C2C(=O)OC)ccc1OC[C@@H](O)N/N=C\c1cc(I)c(OCc2ccc(C(=O)O)cc2)c(I)c1. The van der Waals surface area contributed by atoms with Gasteiger partial charge in [0.15, 0.2) is 17.7 Å². The minimum atomic E-state index is -1.16. The lowest BCUT2D eigenvalue weighted by Gasteiger charge is -2.28. The van der Waals surface area contributed by atoms with Gasteiger partial charge >= 0.3 is 18.0 Å². The molecule has 1 aliphatic rings. The molecule has 0 saturated carbocycles. The number of allylic oxidation sites excluding steroid dienone is 1. The molecule has 15 heteroatoms. The maximum atomic E-state index is 12.5. The molecule has 4 rings (SSSR count). The molecule has 3 aromatic rings. The lowest BCUT2D eigenvalue weighted by molar-refractivity contribution is -0.136. The highest BCUT2D eigenvalue weighted by molar-refractivity contribution is 14.1. The molecule has 0 radical (unpaired) electrons. The van der Waals surface area contributed by atoms with Gasteiger partial charge in [-0.1, -0.05) is 18.2 Å². The third-order valence-corrected chi connectivity index (χ3v) is 8.32. The third kappa shape index (κ3) is 9.48. The Hall–Kier alpha value is -4.10. The van der Waals surface area contributed by atoms with Gasteiger partial charge in [0.05, 0.1) is 44.3 Å². The maximum Gasteiger partial charge on any atom is 0.337 e. The summed E-state index contributed by atoms with van der Waals surface area (Å²) in [6, 6.07) is 14.0. The van der Waals surface area contributed by atoms with Crippen LogP contribution in [0.5, 0.6) is 17.2 Å². The zero-order chi connectivity index (χ0) is 34.1. The number of aliphatic hydroxyl groups excluding tert-OH is 1. The van der Waals surface area contributed by atoms with Crippen molar-refractivity contribution in [1.82, 2.24) is 16.1 Å². The van der Waals surface area contributed by atoms with E-state index in [1.165, 1.54) is 19.2 Å². The van der Waals surface area contributed by atoms with Crippen molar-refractivity contribution in [3.05, 3.63) is 95.3 Å². The molecule has 0 aliphatic carbocycles. The first-order valence-electron chi connectivity index (χ1n) is 14.2. The van der Waals surface area contributed by atoms with Crippen LogP contribution in [0.1, 0.15) is 46.9 Å². The number of nitrogens with one attached hydrogen (secondary N) is 3. The number of carbonyl (C=O) groups excluding carboxylic acids is 2. The largest absolute Gasteiger partial charge is 0.490 e. The number of urea groups is 1. The van der Waals surface area contributed by atoms with Gasteiger partial charge in [-0.05, 0) is 112 Å². The first-order valence-corrected chi connectivity index (χ1v) is 16.3. The normalized spacial score (nSPS) is 15.0. The smallest absolute Gasteiger partial charge is 0.337 e. The molecule has 2 atom stereocenters. The molecule has 0 bridgehead atoms. The van der Waals surface area contributed by atoms with E-state index in [1.807, 2.05) is 12.1 Å². The molecule has 0 aromatic heterocycles. The van der Waals surface area contributed by atoms with E-state index in [4.69, 9.17) is 24.1 Å². The second-order valence-electron chi connectivity index (χ2n) is 10.0. The van der Waals surface area contributed by atoms with Gasteiger partial charge in [0.1, 0.15) is 19.0 Å². The van der Waals surface area contributed by atoms with Crippen molar-refractivity contribution in [1.29, 1.82) is 0 Å². The Labute approximate surface area is 298 Å². The Morgan fingerprint density at radius 2 is 1.74 bits per heavy atom. The van der Waals surface area contributed by atoms with Crippen molar-refractivity contribution in [2.45, 2.75) is 32.7 Å². The lowest BCUT2D eigenvalue weighted by Crippen LogP contribution is -2.45. The molecule has 13 nitrogen and oxygen atoms in total. The molecule has 3 aromatic carbocycles. The van der Waals surface area contributed by atoms with Gasteiger partial charge in [0, 0.05) is 5.70 Å². The van der Waals surface area contributed by atoms with Crippen LogP contribution in [0.4, 0.5) is 4.79 Å². The number of ether oxygens (including phenoxy) is 4. The van der Waals surface area contributed by atoms with Crippen molar-refractivity contribution in [2.75, 3.05) is 20.3 Å². The number of aliphatic hydroxyl groups is 1. The number of nitrogens with zero attached hydrogens (tertiary/aromatic N) is 1. The van der Waals surface area contributed by atoms with Crippen molar-refractivity contribution in [3.63, 3.8) is 0 Å². The highest BCUT2D eigenvalue weighted by Crippen LogP contribution is 2.35. The average molecular weight is 870 g/mol. The van der Waals surface area contributed by atoms with Crippen LogP contribution in [0.2, 0.25) is 0 Å². The Balaban J connectivity index is 1.36. The summed E-state index contributed by atoms with van der Waals surface area (Å²) >= 11 is 4.34. The maximum absolute atomic E-state index is 12.5. The molecule has 2 amide bonds. The predicted octanol–water partition coefficient (Wildman–Crippen LogP) is 4.69. The Kier molecular flexibility index (Phi) is 12.7. The number of aromatic carboxylic acids is 1. The molecule has 248 valence electrons. The minimum absolute atomic E-state index is 0.164. The number of hydrazone groups is 1. The topological polar surface area (TPSA) is 177 Å². The highest BCUT2D eigenvalue weighted by atomic mass is 127. The fourth-order valence-electron chi connectivity index (χ4n) is 4.51. The van der Waals surface area contributed by atoms with E-state index in [1.54, 1.807) is 50.4 Å². The highest BCUT2D eigenvalue weighted by Gasteiger charge is 2.32. The number of benzene rings is 3. The second kappa shape index (κ2) is 16.6. The van der Waals surface area contributed by atoms with Crippen LogP contribution < -0.4 is 30.3 Å². The Morgan fingerprint density at radius 1 is 1.04 bits per heavy atom. The van der Waals surface area contributed by atoms with Gasteiger partial charge in [-0.25, -0.2) is 14.4 Å². The van der Waals surface area contributed by atoms with E-state index in [2.05, 4.69) is 66.3 Å². The standard InChI is InChI=1S/C32H32I2N4O9/c1-4-45-25-13-21(28-27(31(42)44-3)17(2)36-32(43)37-28)9-10-24(25)46-16-26(39)38-35-14-19-11-22(33)29(23(34)12-19)47-15-18-5-7-20(8-6-18)30(40)41/h5-14,26,28,38-39H,4,15-16H2,1-3H3,(H,40,41)(H2,36,37,43)/b35-14-/t26-,28-/m1/s1. The van der Waals surface area contributed by atoms with Crippen LogP contribution >= 0.6 is 45.2 Å². The van der Waals surface area contributed by atoms with E-state index in [-0.39, 0.29) is 24.4 Å². The molecule has 1 aliphatic heterocycles. The summed E-state index contributed by atoms with van der Waals surface area (Å²) in [6.45, 7) is 3.86. The molecular formula is C32H32I2N4O9. The van der Waals surface area contributed by atoms with E-state index >= 15 is 0 Å². The van der Waals surface area contributed by atoms with Crippen molar-refractivity contribution < 1.29 is 43.5 Å². The molecule has 0 spiro atoms. The van der Waals surface area contributed by atoms with Crippen LogP contribution in [0.25, 0.3) is 0 Å². The zero-order valence-electron chi connectivity index (χ0n) is 25.5. The van der Waals surface area contributed by atoms with Crippen LogP contribution in [0, 0.1) is 7.14 Å². The molecule has 47 heavy (non-hydrogen) atoms. The molecule has 5 N–H and O–H groups in total. The summed E-state index contributed by atoms with van der Waals surface area (Å²) in [5.74, 6) is -0.161. The van der Waals surface area contributed by atoms with Gasteiger partial charge in [-0.15, -0.1) is 0 Å². The number of carbonyl (C=O) groups is 3. The summed E-state index contributed by atoms with van der Waals surface area (Å²) in [4.78, 5) is 35.7. The summed E-state index contributed by atoms with van der Waals surface area (Å²) < 4.78 is 24.2. The number of carboxylic acid groups (broad SMARTS) is 1. The average Bonchev–Trinajstić information content (AvgIpc) is 3.03.